The molecule has 1 aliphatic heterocycles. The molecule has 1 aromatic rings. The largest absolute Gasteiger partial charge is 0.353 e. The van der Waals surface area contributed by atoms with Gasteiger partial charge >= 0.3 is 0 Å². The Kier molecular flexibility index (Phi) is 5.62. The van der Waals surface area contributed by atoms with Crippen molar-refractivity contribution in [3.63, 3.8) is 0 Å². The Morgan fingerprint density at radius 2 is 2.05 bits per heavy atom. The monoisotopic (exact) mass is 308 g/mol. The van der Waals surface area contributed by atoms with E-state index in [4.69, 9.17) is 11.6 Å². The number of hydrogen-bond donors (Lipinski definition) is 1. The number of nitrogens with one attached hydrogen (secondary N) is 1. The topological polar surface area (TPSA) is 49.4 Å². The molecule has 2 amide bonds. The van der Waals surface area contributed by atoms with E-state index in [1.54, 1.807) is 6.07 Å². The van der Waals surface area contributed by atoms with Crippen molar-refractivity contribution in [2.75, 3.05) is 13.1 Å². The SMILES string of the molecule is CCC(=O)NC1CCN(C(=O)Cc2cccc(Cl)c2)CC1. The minimum absolute atomic E-state index is 0.0821. The van der Waals surface area contributed by atoms with Crippen LogP contribution in [0, 0.1) is 0 Å². The van der Waals surface area contributed by atoms with E-state index in [0.717, 1.165) is 18.4 Å². The zero-order valence-corrected chi connectivity index (χ0v) is 13.0. The van der Waals surface area contributed by atoms with Crippen molar-refractivity contribution in [1.82, 2.24) is 10.2 Å². The first-order valence-corrected chi connectivity index (χ1v) is 7.78. The predicted octanol–water partition coefficient (Wildman–Crippen LogP) is 2.40. The van der Waals surface area contributed by atoms with Crippen LogP contribution in [-0.2, 0) is 16.0 Å². The lowest BCUT2D eigenvalue weighted by Gasteiger charge is -2.32. The summed E-state index contributed by atoms with van der Waals surface area (Å²) in [5, 5.41) is 3.64. The molecule has 1 aromatic carbocycles. The van der Waals surface area contributed by atoms with Crippen molar-refractivity contribution in [3.8, 4) is 0 Å². The van der Waals surface area contributed by atoms with Crippen LogP contribution in [-0.4, -0.2) is 35.8 Å². The number of rotatable bonds is 4. The quantitative estimate of drug-likeness (QED) is 0.928. The summed E-state index contributed by atoms with van der Waals surface area (Å²) in [6.07, 6.45) is 2.54. The van der Waals surface area contributed by atoms with Crippen LogP contribution in [0.4, 0.5) is 0 Å². The van der Waals surface area contributed by atoms with Gasteiger partial charge in [0.2, 0.25) is 11.8 Å². The highest BCUT2D eigenvalue weighted by Gasteiger charge is 2.23. The van der Waals surface area contributed by atoms with Gasteiger partial charge in [0.25, 0.3) is 0 Å². The number of amides is 2. The van der Waals surface area contributed by atoms with Gasteiger partial charge in [-0.3, -0.25) is 9.59 Å². The van der Waals surface area contributed by atoms with Gasteiger partial charge in [0.1, 0.15) is 0 Å². The smallest absolute Gasteiger partial charge is 0.226 e. The molecule has 114 valence electrons. The fourth-order valence-corrected chi connectivity index (χ4v) is 2.75. The molecule has 5 heteroatoms. The number of carbonyl (C=O) groups is 2. The van der Waals surface area contributed by atoms with Gasteiger partial charge in [-0.25, -0.2) is 0 Å². The second kappa shape index (κ2) is 7.46. The Morgan fingerprint density at radius 3 is 2.67 bits per heavy atom. The number of halogens is 1. The van der Waals surface area contributed by atoms with Crippen LogP contribution in [0.1, 0.15) is 31.7 Å². The first-order valence-electron chi connectivity index (χ1n) is 7.40. The van der Waals surface area contributed by atoms with Gasteiger partial charge in [-0.1, -0.05) is 30.7 Å². The maximum absolute atomic E-state index is 12.3. The van der Waals surface area contributed by atoms with Crippen LogP contribution >= 0.6 is 11.6 Å². The molecule has 0 aliphatic carbocycles. The van der Waals surface area contributed by atoms with E-state index in [9.17, 15) is 9.59 Å². The van der Waals surface area contributed by atoms with Crippen LogP contribution in [0.25, 0.3) is 0 Å². The highest BCUT2D eigenvalue weighted by Crippen LogP contribution is 2.15. The molecule has 1 heterocycles. The van der Waals surface area contributed by atoms with Crippen molar-refractivity contribution < 1.29 is 9.59 Å². The van der Waals surface area contributed by atoms with Crippen LogP contribution in [0.15, 0.2) is 24.3 Å². The Hall–Kier alpha value is -1.55. The molecular formula is C16H21ClN2O2. The van der Waals surface area contributed by atoms with Gasteiger partial charge in [0.15, 0.2) is 0 Å². The zero-order valence-electron chi connectivity index (χ0n) is 12.3. The van der Waals surface area contributed by atoms with Crippen LogP contribution in [0.2, 0.25) is 5.02 Å². The third-order valence-electron chi connectivity index (χ3n) is 3.78. The second-order valence-corrected chi connectivity index (χ2v) is 5.82. The summed E-state index contributed by atoms with van der Waals surface area (Å²) in [5.74, 6) is 0.205. The van der Waals surface area contributed by atoms with E-state index < -0.39 is 0 Å². The zero-order chi connectivity index (χ0) is 15.2. The minimum atomic E-state index is 0.0821. The maximum Gasteiger partial charge on any atom is 0.226 e. The molecule has 0 spiro atoms. The molecule has 1 saturated heterocycles. The number of hydrogen-bond acceptors (Lipinski definition) is 2. The molecular weight excluding hydrogens is 288 g/mol. The first kappa shape index (κ1) is 15.8. The molecule has 1 aliphatic rings. The standard InChI is InChI=1S/C16H21ClN2O2/c1-2-15(20)18-14-6-8-19(9-7-14)16(21)11-12-4-3-5-13(17)10-12/h3-5,10,14H,2,6-9,11H2,1H3,(H,18,20). The third-order valence-corrected chi connectivity index (χ3v) is 4.01. The minimum Gasteiger partial charge on any atom is -0.353 e. The van der Waals surface area contributed by atoms with Crippen LogP contribution in [0.3, 0.4) is 0 Å². The lowest BCUT2D eigenvalue weighted by Crippen LogP contribution is -2.46. The van der Waals surface area contributed by atoms with Crippen molar-refractivity contribution in [3.05, 3.63) is 34.9 Å². The van der Waals surface area contributed by atoms with Crippen LogP contribution < -0.4 is 5.32 Å². The number of likely N-dealkylation sites (tertiary alicyclic amines) is 1. The Labute approximate surface area is 130 Å². The van der Waals surface area contributed by atoms with E-state index in [1.807, 2.05) is 30.0 Å². The fraction of sp³-hybridized carbons (Fsp3) is 0.500. The van der Waals surface area contributed by atoms with Crippen molar-refractivity contribution in [1.29, 1.82) is 0 Å². The number of benzene rings is 1. The summed E-state index contributed by atoms with van der Waals surface area (Å²) >= 11 is 5.93. The lowest BCUT2D eigenvalue weighted by molar-refractivity contribution is -0.131. The molecule has 21 heavy (non-hydrogen) atoms. The van der Waals surface area contributed by atoms with Crippen LogP contribution in [0.5, 0.6) is 0 Å². The van der Waals surface area contributed by atoms with Gasteiger partial charge in [-0.15, -0.1) is 0 Å². The Bertz CT molecular complexity index is 511. The summed E-state index contributed by atoms with van der Waals surface area (Å²) in [6, 6.07) is 7.60. The molecule has 2 rings (SSSR count). The average molecular weight is 309 g/mol. The molecule has 1 fully saturated rings. The summed E-state index contributed by atoms with van der Waals surface area (Å²) in [6.45, 7) is 3.25. The van der Waals surface area contributed by atoms with E-state index in [2.05, 4.69) is 5.32 Å². The van der Waals surface area contributed by atoms with E-state index in [-0.39, 0.29) is 17.9 Å². The molecule has 0 radical (unpaired) electrons. The van der Waals surface area contributed by atoms with Gasteiger partial charge in [-0.2, -0.15) is 0 Å². The van der Waals surface area contributed by atoms with Crippen molar-refractivity contribution in [2.24, 2.45) is 0 Å². The Balaban J connectivity index is 1.82. The molecule has 0 unspecified atom stereocenters. The fourth-order valence-electron chi connectivity index (χ4n) is 2.54. The average Bonchev–Trinajstić information content (AvgIpc) is 2.47. The highest BCUT2D eigenvalue weighted by atomic mass is 35.5. The number of nitrogens with zero attached hydrogens (tertiary/aromatic N) is 1. The molecule has 0 saturated carbocycles. The van der Waals surface area contributed by atoms with Gasteiger partial charge < -0.3 is 10.2 Å². The summed E-state index contributed by atoms with van der Waals surface area (Å²) < 4.78 is 0. The lowest BCUT2D eigenvalue weighted by atomic mass is 10.0. The molecule has 0 atom stereocenters. The van der Waals surface area contributed by atoms with E-state index in [0.29, 0.717) is 31.0 Å². The number of piperidine rings is 1. The summed E-state index contributed by atoms with van der Waals surface area (Å²) in [4.78, 5) is 25.5. The predicted molar refractivity (Wildman–Crippen MR) is 83.2 cm³/mol. The van der Waals surface area contributed by atoms with E-state index in [1.165, 1.54) is 0 Å². The third kappa shape index (κ3) is 4.74. The summed E-state index contributed by atoms with van der Waals surface area (Å²) in [5.41, 5.74) is 0.939. The maximum atomic E-state index is 12.3. The van der Waals surface area contributed by atoms with Crippen molar-refractivity contribution >= 4 is 23.4 Å². The van der Waals surface area contributed by atoms with Crippen molar-refractivity contribution in [2.45, 2.75) is 38.6 Å². The second-order valence-electron chi connectivity index (χ2n) is 5.38. The highest BCUT2D eigenvalue weighted by molar-refractivity contribution is 6.30. The first-order chi connectivity index (χ1) is 10.1. The molecule has 1 N–H and O–H groups in total. The van der Waals surface area contributed by atoms with E-state index >= 15 is 0 Å². The molecule has 4 nitrogen and oxygen atoms in total. The Morgan fingerprint density at radius 1 is 1.33 bits per heavy atom. The summed E-state index contributed by atoms with van der Waals surface area (Å²) in [7, 11) is 0. The van der Waals surface area contributed by atoms with Gasteiger partial charge in [0, 0.05) is 30.6 Å². The van der Waals surface area contributed by atoms with Gasteiger partial charge in [0.05, 0.1) is 6.42 Å². The molecule has 0 bridgehead atoms. The normalized spacial score (nSPS) is 15.8. The van der Waals surface area contributed by atoms with Gasteiger partial charge in [-0.05, 0) is 30.5 Å². The molecule has 0 aromatic heterocycles. The number of carbonyl (C=O) groups excluding carboxylic acids is 2.